The molecule has 0 saturated carbocycles. The Kier molecular flexibility index (Phi) is 8.03. The predicted octanol–water partition coefficient (Wildman–Crippen LogP) is 8.37. The van der Waals surface area contributed by atoms with Crippen LogP contribution in [0.25, 0.3) is 10.8 Å². The highest BCUT2D eigenvalue weighted by molar-refractivity contribution is 5.84. The summed E-state index contributed by atoms with van der Waals surface area (Å²) in [5.41, 5.74) is 0.547. The lowest BCUT2D eigenvalue weighted by molar-refractivity contribution is 0.511. The minimum atomic E-state index is -1.01. The molecule has 0 nitrogen and oxygen atoms in total. The molecule has 4 aromatic carbocycles. The minimum Gasteiger partial charge on any atom is -0.207 e. The van der Waals surface area contributed by atoms with Gasteiger partial charge in [-0.05, 0) is 103 Å². The van der Waals surface area contributed by atoms with Gasteiger partial charge in [-0.15, -0.1) is 0 Å². The predicted molar refractivity (Wildman–Crippen MR) is 133 cm³/mol. The second kappa shape index (κ2) is 11.4. The highest BCUT2D eigenvalue weighted by Gasteiger charge is 2.14. The van der Waals surface area contributed by atoms with Gasteiger partial charge in [0.25, 0.3) is 0 Å². The molecule has 0 atom stereocenters. The molecule has 0 unspecified atom stereocenters. The smallest absolute Gasteiger partial charge is 0.159 e. The molecule has 37 heavy (non-hydrogen) atoms. The lowest BCUT2D eigenvalue weighted by Crippen LogP contribution is -2.02. The fraction of sp³-hybridized carbons (Fsp3) is 0.161. The molecule has 188 valence electrons. The molecule has 0 aliphatic heterocycles. The summed E-state index contributed by atoms with van der Waals surface area (Å²) in [6.45, 7) is 1.87. The summed E-state index contributed by atoms with van der Waals surface area (Å²) in [7, 11) is 0. The monoisotopic (exact) mass is 508 g/mol. The largest absolute Gasteiger partial charge is 0.207 e. The van der Waals surface area contributed by atoms with Gasteiger partial charge in [-0.2, -0.15) is 0 Å². The molecule has 0 fully saturated rings. The molecule has 0 aliphatic rings. The molecule has 0 spiro atoms. The molecule has 0 aromatic heterocycles. The Hall–Kier alpha value is -3.98. The number of halogens is 6. The fourth-order valence-corrected chi connectivity index (χ4v) is 4.07. The number of hydrogen-bond acceptors (Lipinski definition) is 0. The fourth-order valence-electron chi connectivity index (χ4n) is 4.07. The van der Waals surface area contributed by atoms with E-state index in [0.717, 1.165) is 24.3 Å². The van der Waals surface area contributed by atoms with Crippen molar-refractivity contribution in [3.05, 3.63) is 129 Å². The third kappa shape index (κ3) is 6.24. The molecule has 0 bridgehead atoms. The van der Waals surface area contributed by atoms with Crippen LogP contribution in [0.4, 0.5) is 26.3 Å². The minimum absolute atomic E-state index is 0.0279. The van der Waals surface area contributed by atoms with Crippen LogP contribution >= 0.6 is 0 Å². The first-order chi connectivity index (χ1) is 17.7. The first kappa shape index (κ1) is 26.1. The van der Waals surface area contributed by atoms with E-state index in [9.17, 15) is 26.3 Å². The van der Waals surface area contributed by atoms with Crippen LogP contribution in [0.2, 0.25) is 0 Å². The number of fused-ring (bicyclic) bond motifs is 1. The van der Waals surface area contributed by atoms with Crippen LogP contribution < -0.4 is 0 Å². The molecular formula is C31H22F6. The summed E-state index contributed by atoms with van der Waals surface area (Å²) >= 11 is 0. The van der Waals surface area contributed by atoms with Crippen molar-refractivity contribution in [1.82, 2.24) is 0 Å². The number of rotatable bonds is 6. The van der Waals surface area contributed by atoms with Crippen molar-refractivity contribution in [3.8, 4) is 11.8 Å². The molecule has 0 radical (unpaired) electrons. The number of hydrogen-bond donors (Lipinski definition) is 0. The maximum atomic E-state index is 14.7. The summed E-state index contributed by atoms with van der Waals surface area (Å²) in [6, 6.07) is 11.4. The van der Waals surface area contributed by atoms with E-state index >= 15 is 0 Å². The Balaban J connectivity index is 1.50. The zero-order chi connectivity index (χ0) is 26.5. The molecule has 0 N–H and O–H groups in total. The standard InChI is InChI=1S/C31H22F6/c1-2-3-4-5-20-13-26(32)25(27(33)14-20)11-8-21-15-28(34)24(29(35)16-21)10-7-19-6-9-22-17-30(36)31(37)18-23(22)12-19/h2-3,6,9,12-18H,4-5,8,11H2,1H3/b3-2+. The van der Waals surface area contributed by atoms with E-state index < -0.39 is 40.5 Å². The number of allylic oxidation sites excluding steroid dienone is 2. The average molecular weight is 509 g/mol. The summed E-state index contributed by atoms with van der Waals surface area (Å²) in [4.78, 5) is 0. The number of aryl methyl sites for hydroxylation is 2. The number of benzene rings is 4. The van der Waals surface area contributed by atoms with E-state index in [-0.39, 0.29) is 24.0 Å². The van der Waals surface area contributed by atoms with Crippen molar-refractivity contribution < 1.29 is 26.3 Å². The maximum Gasteiger partial charge on any atom is 0.159 e. The summed E-state index contributed by atoms with van der Waals surface area (Å²) in [5.74, 6) is -0.0845. The Morgan fingerprint density at radius 2 is 1.19 bits per heavy atom. The van der Waals surface area contributed by atoms with Gasteiger partial charge in [0.15, 0.2) is 11.6 Å². The lowest BCUT2D eigenvalue weighted by Gasteiger charge is -2.09. The van der Waals surface area contributed by atoms with E-state index in [2.05, 4.69) is 11.8 Å². The van der Waals surface area contributed by atoms with Crippen molar-refractivity contribution in [1.29, 1.82) is 0 Å². The topological polar surface area (TPSA) is 0 Å². The van der Waals surface area contributed by atoms with Crippen LogP contribution in [0.15, 0.2) is 66.7 Å². The highest BCUT2D eigenvalue weighted by atomic mass is 19.2. The first-order valence-electron chi connectivity index (χ1n) is 11.7. The SMILES string of the molecule is C/C=C/CCc1cc(F)c(CCc2cc(F)c(C#Cc3ccc4cc(F)c(F)cc4c3)c(F)c2)c(F)c1. The normalized spacial score (nSPS) is 11.2. The Morgan fingerprint density at radius 3 is 1.84 bits per heavy atom. The molecule has 6 heteroatoms. The van der Waals surface area contributed by atoms with Gasteiger partial charge in [-0.1, -0.05) is 30.1 Å². The Labute approximate surface area is 211 Å². The highest BCUT2D eigenvalue weighted by Crippen LogP contribution is 2.22. The van der Waals surface area contributed by atoms with Crippen molar-refractivity contribution in [3.63, 3.8) is 0 Å². The average Bonchev–Trinajstić information content (AvgIpc) is 2.84. The van der Waals surface area contributed by atoms with Gasteiger partial charge in [0, 0.05) is 11.1 Å². The molecule has 0 aliphatic carbocycles. The summed E-state index contributed by atoms with van der Waals surface area (Å²) in [5, 5.41) is 0.856. The molecule has 0 saturated heterocycles. The second-order valence-electron chi connectivity index (χ2n) is 8.66. The Morgan fingerprint density at radius 1 is 0.595 bits per heavy atom. The molecule has 0 heterocycles. The van der Waals surface area contributed by atoms with Crippen LogP contribution in [0.3, 0.4) is 0 Å². The second-order valence-corrected chi connectivity index (χ2v) is 8.66. The third-order valence-corrected chi connectivity index (χ3v) is 6.01. The Bertz CT molecular complexity index is 1510. The van der Waals surface area contributed by atoms with Crippen molar-refractivity contribution in [2.24, 2.45) is 0 Å². The summed E-state index contributed by atoms with van der Waals surface area (Å²) in [6.07, 6.45) is 4.91. The van der Waals surface area contributed by atoms with Gasteiger partial charge in [0.2, 0.25) is 0 Å². The first-order valence-corrected chi connectivity index (χ1v) is 11.7. The summed E-state index contributed by atoms with van der Waals surface area (Å²) < 4.78 is 85.2. The zero-order valence-electron chi connectivity index (χ0n) is 19.9. The zero-order valence-corrected chi connectivity index (χ0v) is 19.9. The molecule has 0 amide bonds. The van der Waals surface area contributed by atoms with Gasteiger partial charge in [0.05, 0.1) is 5.56 Å². The van der Waals surface area contributed by atoms with Crippen LogP contribution in [0.1, 0.15) is 41.2 Å². The van der Waals surface area contributed by atoms with Gasteiger partial charge in [-0.3, -0.25) is 0 Å². The van der Waals surface area contributed by atoms with Gasteiger partial charge in [0.1, 0.15) is 23.3 Å². The van der Waals surface area contributed by atoms with E-state index in [0.29, 0.717) is 34.7 Å². The quantitative estimate of drug-likeness (QED) is 0.139. The molecule has 4 aromatic rings. The molecular weight excluding hydrogens is 486 g/mol. The van der Waals surface area contributed by atoms with E-state index in [1.165, 1.54) is 30.3 Å². The van der Waals surface area contributed by atoms with Gasteiger partial charge < -0.3 is 0 Å². The maximum absolute atomic E-state index is 14.7. The lowest BCUT2D eigenvalue weighted by atomic mass is 9.99. The van der Waals surface area contributed by atoms with Crippen LogP contribution in [-0.2, 0) is 19.3 Å². The molecule has 4 rings (SSSR count). The van der Waals surface area contributed by atoms with Crippen LogP contribution in [0.5, 0.6) is 0 Å². The van der Waals surface area contributed by atoms with Gasteiger partial charge >= 0.3 is 0 Å². The van der Waals surface area contributed by atoms with E-state index in [1.54, 1.807) is 0 Å². The van der Waals surface area contributed by atoms with Crippen molar-refractivity contribution >= 4 is 10.8 Å². The van der Waals surface area contributed by atoms with Gasteiger partial charge in [-0.25, -0.2) is 26.3 Å². The van der Waals surface area contributed by atoms with Crippen LogP contribution in [-0.4, -0.2) is 0 Å². The van der Waals surface area contributed by atoms with E-state index in [4.69, 9.17) is 0 Å². The van der Waals surface area contributed by atoms with E-state index in [1.807, 2.05) is 19.1 Å². The third-order valence-electron chi connectivity index (χ3n) is 6.01. The van der Waals surface area contributed by atoms with Crippen molar-refractivity contribution in [2.75, 3.05) is 0 Å². The van der Waals surface area contributed by atoms with Crippen molar-refractivity contribution in [2.45, 2.75) is 32.6 Å². The van der Waals surface area contributed by atoms with Crippen LogP contribution in [0, 0.1) is 46.7 Å².